The van der Waals surface area contributed by atoms with E-state index in [0.717, 1.165) is 18.7 Å². The molecule has 0 atom stereocenters. The van der Waals surface area contributed by atoms with E-state index in [1.54, 1.807) is 31.3 Å². The quantitative estimate of drug-likeness (QED) is 0.512. The van der Waals surface area contributed by atoms with Gasteiger partial charge in [0.1, 0.15) is 17.6 Å². The van der Waals surface area contributed by atoms with Crippen LogP contribution in [-0.2, 0) is 16.8 Å². The van der Waals surface area contributed by atoms with Gasteiger partial charge in [0.25, 0.3) is 16.1 Å². The van der Waals surface area contributed by atoms with Crippen LogP contribution in [-0.4, -0.2) is 69.0 Å². The Labute approximate surface area is 187 Å². The fraction of sp³-hybridized carbons (Fsp3) is 0.400. The molecule has 1 saturated heterocycles. The normalized spacial score (nSPS) is 14.6. The molecule has 0 radical (unpaired) electrons. The minimum Gasteiger partial charge on any atom is -0.367 e. The van der Waals surface area contributed by atoms with Crippen molar-refractivity contribution < 1.29 is 13.2 Å². The van der Waals surface area contributed by atoms with E-state index in [9.17, 15) is 18.5 Å². The van der Waals surface area contributed by atoms with Gasteiger partial charge in [-0.25, -0.2) is 9.97 Å². The van der Waals surface area contributed by atoms with Gasteiger partial charge in [-0.3, -0.25) is 14.4 Å². The van der Waals surface area contributed by atoms with Gasteiger partial charge in [0.2, 0.25) is 0 Å². The van der Waals surface area contributed by atoms with Crippen LogP contribution in [0.3, 0.4) is 0 Å². The predicted molar refractivity (Wildman–Crippen MR) is 120 cm³/mol. The number of amides is 1. The first kappa shape index (κ1) is 23.4. The van der Waals surface area contributed by atoms with Gasteiger partial charge < -0.3 is 10.2 Å². The molecule has 0 saturated carbocycles. The highest BCUT2D eigenvalue weighted by molar-refractivity contribution is 7.90. The summed E-state index contributed by atoms with van der Waals surface area (Å²) in [4.78, 5) is 24.3. The SMILES string of the molecule is CCNS(=O)(=O)Nc1cc(CN2CCN(c3ccc(C(=O)NC)nc3C#N)CC2)ccn1. The number of nitriles is 1. The van der Waals surface area contributed by atoms with E-state index in [1.807, 2.05) is 6.07 Å². The molecule has 1 amide bonds. The topological polar surface area (TPSA) is 143 Å². The summed E-state index contributed by atoms with van der Waals surface area (Å²) < 4.78 is 28.5. The van der Waals surface area contributed by atoms with E-state index >= 15 is 0 Å². The molecule has 1 aliphatic heterocycles. The van der Waals surface area contributed by atoms with Gasteiger partial charge in [0.15, 0.2) is 5.69 Å². The largest absolute Gasteiger partial charge is 0.367 e. The van der Waals surface area contributed by atoms with Crippen molar-refractivity contribution in [2.45, 2.75) is 13.5 Å². The van der Waals surface area contributed by atoms with E-state index in [1.165, 1.54) is 7.05 Å². The molecule has 0 spiro atoms. The molecule has 0 bridgehead atoms. The number of nitrogens with one attached hydrogen (secondary N) is 3. The van der Waals surface area contributed by atoms with Crippen LogP contribution < -0.4 is 19.7 Å². The standard InChI is InChI=1S/C20H26N8O3S/c1-3-24-32(30,31)26-19-12-15(6-7-23-19)14-27-8-10-28(11-9-27)18-5-4-16(20(29)22-2)25-17(18)13-21/h4-7,12,24H,3,8-11,14H2,1-2H3,(H,22,29)(H,23,26). The molecule has 3 N–H and O–H groups in total. The average molecular weight is 459 g/mol. The number of hydrogen-bond acceptors (Lipinski definition) is 8. The van der Waals surface area contributed by atoms with Gasteiger partial charge in [-0.15, -0.1) is 0 Å². The summed E-state index contributed by atoms with van der Waals surface area (Å²) in [6.07, 6.45) is 1.58. The zero-order valence-corrected chi connectivity index (χ0v) is 18.8. The molecular weight excluding hydrogens is 432 g/mol. The number of rotatable bonds is 8. The Balaban J connectivity index is 1.62. The number of carbonyl (C=O) groups excluding carboxylic acids is 1. The summed E-state index contributed by atoms with van der Waals surface area (Å²) in [5.74, 6) is -0.0645. The Hall–Kier alpha value is -3.27. The zero-order valence-electron chi connectivity index (χ0n) is 18.0. The molecule has 1 fully saturated rings. The minimum atomic E-state index is -3.63. The number of anilines is 2. The lowest BCUT2D eigenvalue weighted by atomic mass is 10.2. The molecule has 32 heavy (non-hydrogen) atoms. The Morgan fingerprint density at radius 1 is 1.22 bits per heavy atom. The maximum Gasteiger partial charge on any atom is 0.300 e. The average Bonchev–Trinajstić information content (AvgIpc) is 2.78. The maximum atomic E-state index is 11.9. The van der Waals surface area contributed by atoms with E-state index < -0.39 is 10.2 Å². The molecule has 11 nitrogen and oxygen atoms in total. The first-order chi connectivity index (χ1) is 15.3. The lowest BCUT2D eigenvalue weighted by molar-refractivity contribution is 0.0958. The minimum absolute atomic E-state index is 0.213. The Morgan fingerprint density at radius 2 is 1.97 bits per heavy atom. The van der Waals surface area contributed by atoms with Crippen LogP contribution in [0.15, 0.2) is 30.5 Å². The van der Waals surface area contributed by atoms with Gasteiger partial charge in [0, 0.05) is 52.5 Å². The van der Waals surface area contributed by atoms with E-state index in [2.05, 4.69) is 40.6 Å². The first-order valence-corrected chi connectivity index (χ1v) is 11.7. The lowest BCUT2D eigenvalue weighted by Gasteiger charge is -2.36. The van der Waals surface area contributed by atoms with Crippen LogP contribution in [0.4, 0.5) is 11.5 Å². The molecule has 3 heterocycles. The summed E-state index contributed by atoms with van der Waals surface area (Å²) in [5.41, 5.74) is 2.09. The van der Waals surface area contributed by atoms with Gasteiger partial charge in [-0.05, 0) is 29.8 Å². The highest BCUT2D eigenvalue weighted by Gasteiger charge is 2.21. The lowest BCUT2D eigenvalue weighted by Crippen LogP contribution is -2.46. The third kappa shape index (κ3) is 5.91. The molecule has 170 valence electrons. The zero-order chi connectivity index (χ0) is 23.1. The molecule has 3 rings (SSSR count). The summed E-state index contributed by atoms with van der Waals surface area (Å²) >= 11 is 0. The van der Waals surface area contributed by atoms with Crippen LogP contribution in [0.5, 0.6) is 0 Å². The van der Waals surface area contributed by atoms with Crippen molar-refractivity contribution in [3.63, 3.8) is 0 Å². The maximum absolute atomic E-state index is 11.9. The number of piperazine rings is 1. The third-order valence-corrected chi connectivity index (χ3v) is 6.10. The molecule has 12 heteroatoms. The third-order valence-electron chi connectivity index (χ3n) is 4.96. The Bertz CT molecular complexity index is 1110. The summed E-state index contributed by atoms with van der Waals surface area (Å²) in [6, 6.07) is 9.04. The second-order valence-electron chi connectivity index (χ2n) is 7.17. The van der Waals surface area contributed by atoms with Crippen molar-refractivity contribution >= 4 is 27.6 Å². The smallest absolute Gasteiger partial charge is 0.300 e. The molecule has 1 aliphatic rings. The van der Waals surface area contributed by atoms with Crippen molar-refractivity contribution in [3.8, 4) is 6.07 Å². The second kappa shape index (κ2) is 10.4. The molecule has 0 aromatic carbocycles. The first-order valence-electron chi connectivity index (χ1n) is 10.2. The number of aromatic nitrogens is 2. The fourth-order valence-corrected chi connectivity index (χ4v) is 4.28. The number of pyridine rings is 2. The van der Waals surface area contributed by atoms with E-state index in [4.69, 9.17) is 0 Å². The summed E-state index contributed by atoms with van der Waals surface area (Å²) in [7, 11) is -2.11. The highest BCUT2D eigenvalue weighted by Crippen LogP contribution is 2.21. The molecule has 0 unspecified atom stereocenters. The van der Waals surface area contributed by atoms with Crippen molar-refractivity contribution in [2.75, 3.05) is 49.4 Å². The predicted octanol–water partition coefficient (Wildman–Crippen LogP) is 0.296. The van der Waals surface area contributed by atoms with Gasteiger partial charge >= 0.3 is 0 Å². The summed E-state index contributed by atoms with van der Waals surface area (Å²) in [6.45, 7) is 5.53. The highest BCUT2D eigenvalue weighted by atomic mass is 32.2. The fourth-order valence-electron chi connectivity index (χ4n) is 3.44. The number of hydrogen-bond donors (Lipinski definition) is 3. The number of carbonyl (C=O) groups is 1. The van der Waals surface area contributed by atoms with Crippen molar-refractivity contribution in [1.82, 2.24) is 24.9 Å². The molecule has 2 aromatic rings. The Kier molecular flexibility index (Phi) is 7.57. The van der Waals surface area contributed by atoms with Gasteiger partial charge in [-0.1, -0.05) is 6.92 Å². The Morgan fingerprint density at radius 3 is 2.62 bits per heavy atom. The number of nitrogens with zero attached hydrogens (tertiary/aromatic N) is 5. The molecule has 2 aromatic heterocycles. The van der Waals surface area contributed by atoms with Crippen LogP contribution in [0.25, 0.3) is 0 Å². The van der Waals surface area contributed by atoms with Crippen LogP contribution in [0.1, 0.15) is 28.7 Å². The molecule has 0 aliphatic carbocycles. The van der Waals surface area contributed by atoms with Crippen molar-refractivity contribution in [2.24, 2.45) is 0 Å². The van der Waals surface area contributed by atoms with Crippen LogP contribution in [0.2, 0.25) is 0 Å². The van der Waals surface area contributed by atoms with Crippen LogP contribution >= 0.6 is 0 Å². The van der Waals surface area contributed by atoms with Crippen molar-refractivity contribution in [3.05, 3.63) is 47.4 Å². The van der Waals surface area contributed by atoms with Gasteiger partial charge in [0.05, 0.1) is 5.69 Å². The van der Waals surface area contributed by atoms with E-state index in [-0.39, 0.29) is 29.7 Å². The van der Waals surface area contributed by atoms with Gasteiger partial charge in [-0.2, -0.15) is 18.4 Å². The van der Waals surface area contributed by atoms with Crippen molar-refractivity contribution in [1.29, 1.82) is 5.26 Å². The molecular formula is C20H26N8O3S. The van der Waals surface area contributed by atoms with Crippen LogP contribution in [0, 0.1) is 11.3 Å². The monoisotopic (exact) mass is 458 g/mol. The summed E-state index contributed by atoms with van der Waals surface area (Å²) in [5, 5.41) is 12.0. The second-order valence-corrected chi connectivity index (χ2v) is 8.67. The van der Waals surface area contributed by atoms with E-state index in [0.29, 0.717) is 25.3 Å².